The zero-order chi connectivity index (χ0) is 16.4. The van der Waals surface area contributed by atoms with Gasteiger partial charge >= 0.3 is 0 Å². The molecule has 0 bridgehead atoms. The van der Waals surface area contributed by atoms with Gasteiger partial charge in [-0.25, -0.2) is 9.97 Å². The Morgan fingerprint density at radius 2 is 2.09 bits per heavy atom. The predicted octanol–water partition coefficient (Wildman–Crippen LogP) is 2.19. The van der Waals surface area contributed by atoms with Gasteiger partial charge in [0, 0.05) is 6.42 Å². The van der Waals surface area contributed by atoms with Crippen molar-refractivity contribution in [3.63, 3.8) is 0 Å². The Hall–Kier alpha value is -1.87. The Morgan fingerprint density at radius 1 is 1.26 bits per heavy atom. The normalized spacial score (nSPS) is 13.7. The van der Waals surface area contributed by atoms with E-state index in [1.807, 2.05) is 6.92 Å². The van der Waals surface area contributed by atoms with Crippen molar-refractivity contribution in [3.05, 3.63) is 22.0 Å². The lowest BCUT2D eigenvalue weighted by Gasteiger charge is -2.16. The van der Waals surface area contributed by atoms with Crippen LogP contribution in [-0.2, 0) is 11.2 Å². The van der Waals surface area contributed by atoms with E-state index in [4.69, 9.17) is 0 Å². The largest absolute Gasteiger partial charge is 0.294 e. The average Bonchev–Trinajstić information content (AvgIpc) is 2.90. The number of ketones is 1. The maximum Gasteiger partial charge on any atom is 0.237 e. The van der Waals surface area contributed by atoms with Gasteiger partial charge in [-0.05, 0) is 26.7 Å². The van der Waals surface area contributed by atoms with E-state index in [2.05, 4.69) is 25.5 Å². The summed E-state index contributed by atoms with van der Waals surface area (Å²) in [6, 6.07) is 0. The number of carbonyl (C=O) groups excluding carboxylic acids is 2. The number of anilines is 1. The van der Waals surface area contributed by atoms with Gasteiger partial charge in [0.05, 0.1) is 22.7 Å². The van der Waals surface area contributed by atoms with Crippen LogP contribution >= 0.6 is 23.1 Å². The van der Waals surface area contributed by atoms with Gasteiger partial charge in [-0.3, -0.25) is 14.9 Å². The fourth-order valence-corrected chi connectivity index (χ4v) is 4.01. The molecule has 0 saturated carbocycles. The molecule has 7 nitrogen and oxygen atoms in total. The Morgan fingerprint density at radius 3 is 2.83 bits per heavy atom. The van der Waals surface area contributed by atoms with Crippen LogP contribution in [0.15, 0.2) is 4.34 Å². The van der Waals surface area contributed by atoms with Gasteiger partial charge in [-0.2, -0.15) is 0 Å². The van der Waals surface area contributed by atoms with Gasteiger partial charge in [-0.15, -0.1) is 10.2 Å². The zero-order valence-corrected chi connectivity index (χ0v) is 14.4. The van der Waals surface area contributed by atoms with E-state index in [0.29, 0.717) is 17.7 Å². The smallest absolute Gasteiger partial charge is 0.237 e. The molecule has 0 atom stereocenters. The number of nitrogens with zero attached hydrogens (tertiary/aromatic N) is 4. The number of aromatic nitrogens is 4. The van der Waals surface area contributed by atoms with Crippen LogP contribution in [0.4, 0.5) is 5.95 Å². The third kappa shape index (κ3) is 3.73. The fraction of sp³-hybridized carbons (Fsp3) is 0.429. The van der Waals surface area contributed by atoms with Crippen molar-refractivity contribution in [1.29, 1.82) is 0 Å². The first kappa shape index (κ1) is 16.0. The van der Waals surface area contributed by atoms with Crippen molar-refractivity contribution in [2.45, 2.75) is 37.4 Å². The lowest BCUT2D eigenvalue weighted by atomic mass is 9.94. The van der Waals surface area contributed by atoms with Gasteiger partial charge in [0.15, 0.2) is 10.1 Å². The number of carbonyl (C=O) groups is 2. The number of nitrogens with one attached hydrogen (secondary N) is 1. The second-order valence-corrected chi connectivity index (χ2v) is 7.56. The molecule has 0 saturated heterocycles. The zero-order valence-electron chi connectivity index (χ0n) is 12.8. The standard InChI is InChI=1S/C14H15N5O2S2/c1-7-12-9(4-3-5-10(12)20)16-13(15-7)17-11(21)6-22-14-19-18-8(2)23-14/h3-6H2,1-2H3,(H,15,16,17,21). The van der Waals surface area contributed by atoms with E-state index in [0.717, 1.165) is 27.9 Å². The SMILES string of the molecule is Cc1nnc(SCC(=O)Nc2nc(C)c3c(n2)CCCC3=O)s1. The highest BCUT2D eigenvalue weighted by Crippen LogP contribution is 2.24. The van der Waals surface area contributed by atoms with Crippen molar-refractivity contribution >= 4 is 40.7 Å². The summed E-state index contributed by atoms with van der Waals surface area (Å²) < 4.78 is 0.755. The van der Waals surface area contributed by atoms with Crippen molar-refractivity contribution in [1.82, 2.24) is 20.2 Å². The molecular weight excluding hydrogens is 334 g/mol. The molecule has 0 radical (unpaired) electrons. The third-order valence-corrected chi connectivity index (χ3v) is 5.32. The van der Waals surface area contributed by atoms with E-state index in [9.17, 15) is 9.59 Å². The first-order chi connectivity index (χ1) is 11.0. The summed E-state index contributed by atoms with van der Waals surface area (Å²) in [6.45, 7) is 3.64. The topological polar surface area (TPSA) is 97.7 Å². The summed E-state index contributed by atoms with van der Waals surface area (Å²) in [5, 5.41) is 11.4. The predicted molar refractivity (Wildman–Crippen MR) is 88.0 cm³/mol. The van der Waals surface area contributed by atoms with Crippen LogP contribution in [-0.4, -0.2) is 37.6 Å². The van der Waals surface area contributed by atoms with Crippen molar-refractivity contribution in [2.75, 3.05) is 11.1 Å². The Labute approximate surface area is 141 Å². The quantitative estimate of drug-likeness (QED) is 0.845. The molecule has 23 heavy (non-hydrogen) atoms. The molecule has 9 heteroatoms. The van der Waals surface area contributed by atoms with Gasteiger partial charge in [0.1, 0.15) is 5.01 Å². The van der Waals surface area contributed by atoms with Crippen LogP contribution in [0, 0.1) is 13.8 Å². The number of hydrogen-bond donors (Lipinski definition) is 1. The van der Waals surface area contributed by atoms with E-state index in [1.54, 1.807) is 6.92 Å². The highest BCUT2D eigenvalue weighted by Gasteiger charge is 2.22. The van der Waals surface area contributed by atoms with Crippen LogP contribution in [0.5, 0.6) is 0 Å². The molecule has 1 amide bonds. The molecule has 1 N–H and O–H groups in total. The van der Waals surface area contributed by atoms with Gasteiger partial charge in [0.25, 0.3) is 0 Å². The minimum absolute atomic E-state index is 0.0869. The molecule has 1 aliphatic carbocycles. The lowest BCUT2D eigenvalue weighted by Crippen LogP contribution is -2.21. The molecule has 3 rings (SSSR count). The highest BCUT2D eigenvalue weighted by molar-refractivity contribution is 8.01. The molecule has 0 aromatic carbocycles. The van der Waals surface area contributed by atoms with Crippen LogP contribution < -0.4 is 5.32 Å². The monoisotopic (exact) mass is 349 g/mol. The van der Waals surface area contributed by atoms with Crippen molar-refractivity contribution in [2.24, 2.45) is 0 Å². The average molecular weight is 349 g/mol. The Kier molecular flexibility index (Phi) is 4.67. The van der Waals surface area contributed by atoms with Gasteiger partial charge in [-0.1, -0.05) is 23.1 Å². The van der Waals surface area contributed by atoms with Gasteiger partial charge in [0.2, 0.25) is 11.9 Å². The highest BCUT2D eigenvalue weighted by atomic mass is 32.2. The summed E-state index contributed by atoms with van der Waals surface area (Å²) >= 11 is 2.77. The van der Waals surface area contributed by atoms with Crippen LogP contribution in [0.1, 0.15) is 39.6 Å². The number of aryl methyl sites for hydroxylation is 3. The van der Waals surface area contributed by atoms with E-state index >= 15 is 0 Å². The van der Waals surface area contributed by atoms with Crippen molar-refractivity contribution < 1.29 is 9.59 Å². The molecule has 0 fully saturated rings. The van der Waals surface area contributed by atoms with Gasteiger partial charge < -0.3 is 0 Å². The van der Waals surface area contributed by atoms with Crippen LogP contribution in [0.3, 0.4) is 0 Å². The first-order valence-corrected chi connectivity index (χ1v) is 8.96. The molecular formula is C14H15N5O2S2. The summed E-state index contributed by atoms with van der Waals surface area (Å²) in [7, 11) is 0. The van der Waals surface area contributed by atoms with Crippen LogP contribution in [0.25, 0.3) is 0 Å². The van der Waals surface area contributed by atoms with Crippen LogP contribution in [0.2, 0.25) is 0 Å². The molecule has 0 aliphatic heterocycles. The minimum atomic E-state index is -0.204. The summed E-state index contributed by atoms with van der Waals surface area (Å²) in [5.74, 6) is 0.357. The Balaban J connectivity index is 1.67. The third-order valence-electron chi connectivity index (χ3n) is 3.35. The first-order valence-electron chi connectivity index (χ1n) is 7.16. The summed E-state index contributed by atoms with van der Waals surface area (Å²) in [6.07, 6.45) is 2.08. The van der Waals surface area contributed by atoms with Crippen molar-refractivity contribution in [3.8, 4) is 0 Å². The molecule has 120 valence electrons. The van der Waals surface area contributed by atoms with E-state index < -0.39 is 0 Å². The number of thioether (sulfide) groups is 1. The lowest BCUT2D eigenvalue weighted by molar-refractivity contribution is -0.113. The number of rotatable bonds is 4. The summed E-state index contributed by atoms with van der Waals surface area (Å²) in [5.41, 5.74) is 1.98. The molecule has 2 aromatic rings. The molecule has 2 heterocycles. The number of Topliss-reactive ketones (excluding diaryl/α,β-unsaturated/α-hetero) is 1. The molecule has 1 aliphatic rings. The maximum atomic E-state index is 12.0. The second-order valence-electron chi connectivity index (χ2n) is 5.15. The number of amides is 1. The molecule has 2 aromatic heterocycles. The summed E-state index contributed by atoms with van der Waals surface area (Å²) in [4.78, 5) is 32.5. The fourth-order valence-electron chi connectivity index (χ4n) is 2.40. The Bertz CT molecular complexity index is 775. The number of hydrogen-bond acceptors (Lipinski definition) is 8. The molecule has 0 unspecified atom stereocenters. The maximum absolute atomic E-state index is 12.0. The van der Waals surface area contributed by atoms with E-state index in [-0.39, 0.29) is 23.4 Å². The molecule has 0 spiro atoms. The minimum Gasteiger partial charge on any atom is -0.294 e. The second kappa shape index (κ2) is 6.71. The number of fused-ring (bicyclic) bond motifs is 1. The van der Waals surface area contributed by atoms with E-state index in [1.165, 1.54) is 23.1 Å².